The first-order valence-corrected chi connectivity index (χ1v) is 3.92. The Morgan fingerprint density at radius 2 is 1.80 bits per heavy atom. The summed E-state index contributed by atoms with van der Waals surface area (Å²) in [5.41, 5.74) is 0. The van der Waals surface area contributed by atoms with E-state index in [1.807, 2.05) is 4.90 Å². The van der Waals surface area contributed by atoms with E-state index in [0.29, 0.717) is 19.0 Å². The average molecular weight is 166 g/mol. The van der Waals surface area contributed by atoms with E-state index in [2.05, 4.69) is 0 Å². The van der Waals surface area contributed by atoms with Crippen LogP contribution < -0.4 is 0 Å². The van der Waals surface area contributed by atoms with Crippen molar-refractivity contribution < 1.29 is 10.2 Å². The Morgan fingerprint density at radius 1 is 1.30 bits per heavy atom. The third kappa shape index (κ3) is 1.83. The van der Waals surface area contributed by atoms with Crippen molar-refractivity contribution in [2.45, 2.75) is 12.2 Å². The normalized spacial score (nSPS) is 35.1. The molecular formula is C6H12ClNO2. The molecule has 3 nitrogen and oxygen atoms in total. The summed E-state index contributed by atoms with van der Waals surface area (Å²) in [4.78, 5) is 1.95. The molecule has 0 aromatic heterocycles. The van der Waals surface area contributed by atoms with Gasteiger partial charge in [0.2, 0.25) is 0 Å². The number of halogens is 1. The largest absolute Gasteiger partial charge is 0.389 e. The molecule has 2 unspecified atom stereocenters. The average Bonchev–Trinajstić information content (AvgIpc) is 2.14. The second-order valence-electron chi connectivity index (χ2n) is 2.58. The van der Waals surface area contributed by atoms with Gasteiger partial charge in [0.25, 0.3) is 0 Å². The minimum atomic E-state index is -0.580. The molecule has 0 saturated carbocycles. The monoisotopic (exact) mass is 165 g/mol. The summed E-state index contributed by atoms with van der Waals surface area (Å²) >= 11 is 5.47. The van der Waals surface area contributed by atoms with Crippen LogP contribution in [0.4, 0.5) is 0 Å². The van der Waals surface area contributed by atoms with Crippen LogP contribution in [0.1, 0.15) is 0 Å². The molecule has 0 radical (unpaired) electrons. The molecule has 0 spiro atoms. The molecule has 0 aromatic carbocycles. The molecule has 1 fully saturated rings. The smallest absolute Gasteiger partial charge is 0.0938 e. The summed E-state index contributed by atoms with van der Waals surface area (Å²) in [6, 6.07) is 0. The Balaban J connectivity index is 2.27. The maximum Gasteiger partial charge on any atom is 0.0938 e. The highest BCUT2D eigenvalue weighted by Crippen LogP contribution is 2.08. The zero-order valence-electron chi connectivity index (χ0n) is 5.70. The predicted molar refractivity (Wildman–Crippen MR) is 39.2 cm³/mol. The van der Waals surface area contributed by atoms with Gasteiger partial charge in [-0.2, -0.15) is 0 Å². The number of likely N-dealkylation sites (tertiary alicyclic amines) is 1. The first kappa shape index (κ1) is 8.27. The summed E-state index contributed by atoms with van der Waals surface area (Å²) in [5, 5.41) is 18.1. The van der Waals surface area contributed by atoms with Gasteiger partial charge in [0.15, 0.2) is 0 Å². The molecule has 2 N–H and O–H groups in total. The Bertz CT molecular complexity index is 102. The molecule has 1 aliphatic heterocycles. The van der Waals surface area contributed by atoms with Crippen molar-refractivity contribution in [3.05, 3.63) is 0 Å². The summed E-state index contributed by atoms with van der Waals surface area (Å²) in [6.07, 6.45) is -1.16. The number of alkyl halides is 1. The van der Waals surface area contributed by atoms with Gasteiger partial charge in [-0.25, -0.2) is 0 Å². The highest BCUT2D eigenvalue weighted by molar-refractivity contribution is 6.18. The lowest BCUT2D eigenvalue weighted by molar-refractivity contribution is 0.0572. The van der Waals surface area contributed by atoms with E-state index in [1.54, 1.807) is 0 Å². The maximum atomic E-state index is 9.06. The van der Waals surface area contributed by atoms with Crippen molar-refractivity contribution in [3.8, 4) is 0 Å². The zero-order valence-corrected chi connectivity index (χ0v) is 6.46. The standard InChI is InChI=1S/C6H12ClNO2/c7-1-2-8-3-5(9)6(10)4-8/h5-6,9-10H,1-4H2. The van der Waals surface area contributed by atoms with Crippen LogP contribution in [0, 0.1) is 0 Å². The van der Waals surface area contributed by atoms with Crippen LogP contribution in [-0.2, 0) is 0 Å². The lowest BCUT2D eigenvalue weighted by atomic mass is 10.3. The van der Waals surface area contributed by atoms with E-state index in [1.165, 1.54) is 0 Å². The summed E-state index contributed by atoms with van der Waals surface area (Å²) in [7, 11) is 0. The quantitative estimate of drug-likeness (QED) is 0.530. The second-order valence-corrected chi connectivity index (χ2v) is 2.96. The van der Waals surface area contributed by atoms with Crippen LogP contribution in [-0.4, -0.2) is 52.8 Å². The molecule has 0 bridgehead atoms. The van der Waals surface area contributed by atoms with Gasteiger partial charge in [-0.15, -0.1) is 11.6 Å². The minimum absolute atomic E-state index is 0.549. The minimum Gasteiger partial charge on any atom is -0.389 e. The number of aliphatic hydroxyl groups is 2. The van der Waals surface area contributed by atoms with E-state index in [9.17, 15) is 0 Å². The van der Waals surface area contributed by atoms with E-state index >= 15 is 0 Å². The second kappa shape index (κ2) is 3.53. The van der Waals surface area contributed by atoms with E-state index in [4.69, 9.17) is 21.8 Å². The van der Waals surface area contributed by atoms with Crippen molar-refractivity contribution in [2.24, 2.45) is 0 Å². The third-order valence-electron chi connectivity index (χ3n) is 1.74. The molecule has 10 heavy (non-hydrogen) atoms. The molecule has 0 aromatic rings. The van der Waals surface area contributed by atoms with Crippen molar-refractivity contribution in [1.29, 1.82) is 0 Å². The van der Waals surface area contributed by atoms with Gasteiger partial charge in [-0.1, -0.05) is 0 Å². The fourth-order valence-electron chi connectivity index (χ4n) is 1.15. The van der Waals surface area contributed by atoms with Crippen LogP contribution in [0.15, 0.2) is 0 Å². The van der Waals surface area contributed by atoms with Gasteiger partial charge < -0.3 is 10.2 Å². The number of hydrogen-bond acceptors (Lipinski definition) is 3. The molecule has 1 heterocycles. The number of β-amino-alcohol motifs (C(OH)–C–C–N with tert-alkyl or cyclic N) is 2. The van der Waals surface area contributed by atoms with E-state index in [-0.39, 0.29) is 0 Å². The Hall–Kier alpha value is 0.170. The van der Waals surface area contributed by atoms with Gasteiger partial charge in [0, 0.05) is 25.5 Å². The van der Waals surface area contributed by atoms with Crippen LogP contribution >= 0.6 is 11.6 Å². The van der Waals surface area contributed by atoms with Crippen LogP contribution in [0.25, 0.3) is 0 Å². The summed E-state index contributed by atoms with van der Waals surface area (Å²) in [5.74, 6) is 0.555. The molecule has 60 valence electrons. The number of nitrogens with zero attached hydrogens (tertiary/aromatic N) is 1. The first-order valence-electron chi connectivity index (χ1n) is 3.38. The lowest BCUT2D eigenvalue weighted by Crippen LogP contribution is -2.23. The fraction of sp³-hybridized carbons (Fsp3) is 1.00. The molecule has 1 saturated heterocycles. The number of hydrogen-bond donors (Lipinski definition) is 2. The van der Waals surface area contributed by atoms with Crippen molar-refractivity contribution in [1.82, 2.24) is 4.90 Å². The van der Waals surface area contributed by atoms with Gasteiger partial charge in [0.1, 0.15) is 0 Å². The Morgan fingerprint density at radius 3 is 2.20 bits per heavy atom. The first-order chi connectivity index (χ1) is 4.74. The van der Waals surface area contributed by atoms with Gasteiger partial charge in [-0.05, 0) is 0 Å². The van der Waals surface area contributed by atoms with E-state index < -0.39 is 12.2 Å². The summed E-state index contributed by atoms with van der Waals surface area (Å²) < 4.78 is 0. The zero-order chi connectivity index (χ0) is 7.56. The summed E-state index contributed by atoms with van der Waals surface area (Å²) in [6.45, 7) is 1.84. The molecule has 2 atom stereocenters. The highest BCUT2D eigenvalue weighted by atomic mass is 35.5. The highest BCUT2D eigenvalue weighted by Gasteiger charge is 2.28. The topological polar surface area (TPSA) is 43.7 Å². The molecule has 1 aliphatic rings. The van der Waals surface area contributed by atoms with Crippen molar-refractivity contribution in [2.75, 3.05) is 25.5 Å². The molecule has 0 aliphatic carbocycles. The fourth-order valence-corrected chi connectivity index (χ4v) is 1.39. The lowest BCUT2D eigenvalue weighted by Gasteiger charge is -2.10. The van der Waals surface area contributed by atoms with Gasteiger partial charge >= 0.3 is 0 Å². The van der Waals surface area contributed by atoms with Crippen LogP contribution in [0.5, 0.6) is 0 Å². The van der Waals surface area contributed by atoms with Crippen molar-refractivity contribution >= 4 is 11.6 Å². The number of aliphatic hydroxyl groups excluding tert-OH is 2. The molecule has 1 rings (SSSR count). The molecule has 4 heteroatoms. The van der Waals surface area contributed by atoms with Crippen LogP contribution in [0.2, 0.25) is 0 Å². The van der Waals surface area contributed by atoms with Gasteiger partial charge in [-0.3, -0.25) is 4.90 Å². The van der Waals surface area contributed by atoms with Crippen LogP contribution in [0.3, 0.4) is 0 Å². The third-order valence-corrected chi connectivity index (χ3v) is 1.90. The SMILES string of the molecule is OC1CN(CCCl)CC1O. The Labute approximate surface area is 65.2 Å². The van der Waals surface area contributed by atoms with E-state index in [0.717, 1.165) is 6.54 Å². The number of rotatable bonds is 2. The maximum absolute atomic E-state index is 9.06. The molecule has 0 amide bonds. The molecular weight excluding hydrogens is 154 g/mol. The van der Waals surface area contributed by atoms with Crippen molar-refractivity contribution in [3.63, 3.8) is 0 Å². The Kier molecular flexibility index (Phi) is 2.92. The van der Waals surface area contributed by atoms with Gasteiger partial charge in [0.05, 0.1) is 12.2 Å². The predicted octanol–water partition coefficient (Wildman–Crippen LogP) is -0.737.